The molecule has 18 heavy (non-hydrogen) atoms. The molecule has 0 aliphatic rings. The van der Waals surface area contributed by atoms with Gasteiger partial charge in [-0.15, -0.1) is 11.3 Å². The van der Waals surface area contributed by atoms with Gasteiger partial charge in [-0.05, 0) is 24.9 Å². The number of nitrogens with one attached hydrogen (secondary N) is 1. The van der Waals surface area contributed by atoms with E-state index in [4.69, 9.17) is 0 Å². The van der Waals surface area contributed by atoms with E-state index in [0.717, 1.165) is 23.5 Å². The van der Waals surface area contributed by atoms with E-state index in [1.54, 1.807) is 18.3 Å². The average molecular weight is 266 g/mol. The number of aromatic nitrogens is 3. The first-order chi connectivity index (χ1) is 8.70. The van der Waals surface area contributed by atoms with E-state index >= 15 is 0 Å². The van der Waals surface area contributed by atoms with Crippen LogP contribution < -0.4 is 5.32 Å². The predicted octanol–water partition coefficient (Wildman–Crippen LogP) is 1.72. The second-order valence-electron chi connectivity index (χ2n) is 3.86. The van der Waals surface area contributed by atoms with Crippen LogP contribution in [-0.4, -0.2) is 21.2 Å². The molecule has 0 saturated carbocycles. The van der Waals surface area contributed by atoms with Crippen LogP contribution in [-0.2, 0) is 13.0 Å². The summed E-state index contributed by atoms with van der Waals surface area (Å²) in [5, 5.41) is 12.9. The molecule has 2 rings (SSSR count). The van der Waals surface area contributed by atoms with Gasteiger partial charge in [0.1, 0.15) is 5.69 Å². The third-order valence-corrected chi connectivity index (χ3v) is 3.32. The molecule has 0 spiro atoms. The summed E-state index contributed by atoms with van der Waals surface area (Å²) < 4.78 is 4.48. The number of nitrogens with zero attached hydrogens (tertiary/aromatic N) is 3. The van der Waals surface area contributed by atoms with Crippen LogP contribution in [0, 0.1) is 6.92 Å². The highest BCUT2D eigenvalue weighted by Gasteiger charge is 2.14. The van der Waals surface area contributed by atoms with Gasteiger partial charge >= 0.3 is 0 Å². The standard InChI is InChI=1S/C11H14N4O2S/c1-3-4-9-13-8(6-18-9)5-12-11(16)10-7(2)14-17-15-10/h6H,3-5H2,1-2H3,(H,12,16). The molecule has 96 valence electrons. The summed E-state index contributed by atoms with van der Waals surface area (Å²) >= 11 is 1.62. The van der Waals surface area contributed by atoms with Crippen molar-refractivity contribution in [1.82, 2.24) is 20.6 Å². The van der Waals surface area contributed by atoms with Gasteiger partial charge in [0.2, 0.25) is 0 Å². The third-order valence-electron chi connectivity index (χ3n) is 2.36. The second kappa shape index (κ2) is 5.72. The van der Waals surface area contributed by atoms with Crippen molar-refractivity contribution < 1.29 is 9.42 Å². The smallest absolute Gasteiger partial charge is 0.275 e. The Morgan fingerprint density at radius 2 is 2.33 bits per heavy atom. The number of carbonyl (C=O) groups excluding carboxylic acids is 1. The van der Waals surface area contributed by atoms with Crippen LogP contribution in [0.1, 0.15) is 40.2 Å². The van der Waals surface area contributed by atoms with Crippen LogP contribution in [0.15, 0.2) is 10.0 Å². The lowest BCUT2D eigenvalue weighted by atomic mass is 10.3. The summed E-state index contributed by atoms with van der Waals surface area (Å²) in [7, 11) is 0. The molecule has 2 aromatic rings. The molecule has 6 nitrogen and oxygen atoms in total. The monoisotopic (exact) mass is 266 g/mol. The van der Waals surface area contributed by atoms with Crippen LogP contribution in [0.4, 0.5) is 0 Å². The Morgan fingerprint density at radius 1 is 1.50 bits per heavy atom. The number of rotatable bonds is 5. The van der Waals surface area contributed by atoms with Crippen molar-refractivity contribution in [3.05, 3.63) is 27.5 Å². The zero-order chi connectivity index (χ0) is 13.0. The SMILES string of the molecule is CCCc1nc(CNC(=O)c2nonc2C)cs1. The summed E-state index contributed by atoms with van der Waals surface area (Å²) in [6, 6.07) is 0. The van der Waals surface area contributed by atoms with E-state index in [1.165, 1.54) is 0 Å². The van der Waals surface area contributed by atoms with E-state index in [9.17, 15) is 4.79 Å². The zero-order valence-corrected chi connectivity index (χ0v) is 11.1. The Labute approximate surface area is 108 Å². The molecule has 0 radical (unpaired) electrons. The van der Waals surface area contributed by atoms with Crippen molar-refractivity contribution in [3.8, 4) is 0 Å². The maximum absolute atomic E-state index is 11.7. The van der Waals surface area contributed by atoms with Crippen LogP contribution >= 0.6 is 11.3 Å². The first-order valence-corrected chi connectivity index (χ1v) is 6.59. The fraction of sp³-hybridized carbons (Fsp3) is 0.455. The topological polar surface area (TPSA) is 80.9 Å². The van der Waals surface area contributed by atoms with Crippen molar-refractivity contribution in [1.29, 1.82) is 0 Å². The molecule has 0 bridgehead atoms. The van der Waals surface area contributed by atoms with E-state index in [-0.39, 0.29) is 11.6 Å². The fourth-order valence-electron chi connectivity index (χ4n) is 1.45. The number of hydrogen-bond donors (Lipinski definition) is 1. The average Bonchev–Trinajstić information content (AvgIpc) is 2.96. The van der Waals surface area contributed by atoms with Crippen LogP contribution in [0.2, 0.25) is 0 Å². The highest BCUT2D eigenvalue weighted by Crippen LogP contribution is 2.11. The normalized spacial score (nSPS) is 10.6. The highest BCUT2D eigenvalue weighted by atomic mass is 32.1. The number of amides is 1. The maximum atomic E-state index is 11.7. The zero-order valence-electron chi connectivity index (χ0n) is 10.3. The Kier molecular flexibility index (Phi) is 4.03. The molecular formula is C11H14N4O2S. The van der Waals surface area contributed by atoms with Crippen molar-refractivity contribution in [2.75, 3.05) is 0 Å². The molecule has 0 fully saturated rings. The summed E-state index contributed by atoms with van der Waals surface area (Å²) in [4.78, 5) is 16.2. The molecule has 7 heteroatoms. The fourth-order valence-corrected chi connectivity index (χ4v) is 2.35. The number of carbonyl (C=O) groups is 1. The number of thiazole rings is 1. The van der Waals surface area contributed by atoms with Gasteiger partial charge in [0.05, 0.1) is 17.2 Å². The summed E-state index contributed by atoms with van der Waals surface area (Å²) in [6.45, 7) is 4.18. The van der Waals surface area contributed by atoms with Crippen molar-refractivity contribution in [2.45, 2.75) is 33.2 Å². The molecule has 0 saturated heterocycles. The van der Waals surface area contributed by atoms with Gasteiger partial charge in [0.15, 0.2) is 5.69 Å². The van der Waals surface area contributed by atoms with Gasteiger partial charge in [0, 0.05) is 5.38 Å². The quantitative estimate of drug-likeness (QED) is 0.891. The van der Waals surface area contributed by atoms with Crippen LogP contribution in [0.5, 0.6) is 0 Å². The minimum atomic E-state index is -0.293. The van der Waals surface area contributed by atoms with Crippen molar-refractivity contribution in [3.63, 3.8) is 0 Å². The van der Waals surface area contributed by atoms with Gasteiger partial charge < -0.3 is 5.32 Å². The number of hydrogen-bond acceptors (Lipinski definition) is 6. The Hall–Kier alpha value is -1.76. The van der Waals surface area contributed by atoms with Gasteiger partial charge in [0.25, 0.3) is 5.91 Å². The van der Waals surface area contributed by atoms with E-state index < -0.39 is 0 Å². The van der Waals surface area contributed by atoms with Gasteiger partial charge in [-0.3, -0.25) is 4.79 Å². The lowest BCUT2D eigenvalue weighted by Gasteiger charge is -1.99. The molecule has 2 heterocycles. The molecule has 0 atom stereocenters. The lowest BCUT2D eigenvalue weighted by molar-refractivity contribution is 0.0940. The van der Waals surface area contributed by atoms with Crippen molar-refractivity contribution >= 4 is 17.2 Å². The van der Waals surface area contributed by atoms with Crippen LogP contribution in [0.3, 0.4) is 0 Å². The molecule has 0 aliphatic carbocycles. The molecular weight excluding hydrogens is 252 g/mol. The summed E-state index contributed by atoms with van der Waals surface area (Å²) in [5.74, 6) is -0.293. The minimum absolute atomic E-state index is 0.221. The lowest BCUT2D eigenvalue weighted by Crippen LogP contribution is -2.24. The van der Waals surface area contributed by atoms with Gasteiger partial charge in [-0.2, -0.15) is 0 Å². The van der Waals surface area contributed by atoms with E-state index in [0.29, 0.717) is 12.2 Å². The molecule has 0 aromatic carbocycles. The van der Waals surface area contributed by atoms with Gasteiger partial charge in [-0.1, -0.05) is 12.1 Å². The Bertz CT molecular complexity index is 535. The number of aryl methyl sites for hydroxylation is 2. The maximum Gasteiger partial charge on any atom is 0.275 e. The Morgan fingerprint density at radius 3 is 3.00 bits per heavy atom. The molecule has 0 unspecified atom stereocenters. The Balaban J connectivity index is 1.91. The van der Waals surface area contributed by atoms with Crippen molar-refractivity contribution in [2.24, 2.45) is 0 Å². The molecule has 0 aliphatic heterocycles. The third kappa shape index (κ3) is 2.92. The molecule has 1 N–H and O–H groups in total. The van der Waals surface area contributed by atoms with E-state index in [2.05, 4.69) is 32.2 Å². The summed E-state index contributed by atoms with van der Waals surface area (Å²) in [6.07, 6.45) is 2.05. The highest BCUT2D eigenvalue weighted by molar-refractivity contribution is 7.09. The first-order valence-electron chi connectivity index (χ1n) is 5.71. The second-order valence-corrected chi connectivity index (χ2v) is 4.81. The first kappa shape index (κ1) is 12.7. The van der Waals surface area contributed by atoms with E-state index in [1.807, 2.05) is 5.38 Å². The molecule has 2 aromatic heterocycles. The van der Waals surface area contributed by atoms with Gasteiger partial charge in [-0.25, -0.2) is 9.61 Å². The minimum Gasteiger partial charge on any atom is -0.345 e. The summed E-state index contributed by atoms with van der Waals surface area (Å²) in [5.41, 5.74) is 1.57. The predicted molar refractivity (Wildman–Crippen MR) is 66.3 cm³/mol. The largest absolute Gasteiger partial charge is 0.345 e. The van der Waals surface area contributed by atoms with Crippen LogP contribution in [0.25, 0.3) is 0 Å². The molecule has 1 amide bonds.